The maximum atomic E-state index is 13.2. The third kappa shape index (κ3) is 3.52. The monoisotopic (exact) mass is 339 g/mol. The number of thiocarbonyl (C=S) groups is 1. The maximum absolute atomic E-state index is 13.2. The first kappa shape index (κ1) is 14.0. The lowest BCUT2D eigenvalue weighted by Crippen LogP contribution is -2.14. The van der Waals surface area contributed by atoms with Gasteiger partial charge in [0.15, 0.2) is 0 Å². The number of ether oxygens (including phenoxy) is 1. The summed E-state index contributed by atoms with van der Waals surface area (Å²) in [7, 11) is 0. The second-order valence-corrected chi connectivity index (χ2v) is 5.18. The van der Waals surface area contributed by atoms with Crippen molar-refractivity contribution in [2.45, 2.75) is 6.61 Å². The van der Waals surface area contributed by atoms with E-state index in [0.29, 0.717) is 11.3 Å². The van der Waals surface area contributed by atoms with Crippen molar-refractivity contribution in [3.05, 3.63) is 63.9 Å². The second kappa shape index (κ2) is 6.12. The molecule has 0 bridgehead atoms. The Morgan fingerprint density at radius 1 is 1.26 bits per heavy atom. The van der Waals surface area contributed by atoms with Crippen LogP contribution in [0.3, 0.4) is 0 Å². The van der Waals surface area contributed by atoms with E-state index >= 15 is 0 Å². The minimum absolute atomic E-state index is 0.158. The van der Waals surface area contributed by atoms with Gasteiger partial charge >= 0.3 is 0 Å². The SMILES string of the molecule is NC(=S)c1cc(F)ccc1COc1ccccc1Br. The van der Waals surface area contributed by atoms with Crippen molar-refractivity contribution in [1.82, 2.24) is 0 Å². The molecule has 98 valence electrons. The summed E-state index contributed by atoms with van der Waals surface area (Å²) in [6.45, 7) is 0.273. The third-order valence-corrected chi connectivity index (χ3v) is 3.43. The van der Waals surface area contributed by atoms with Crippen molar-refractivity contribution in [2.75, 3.05) is 0 Å². The fourth-order valence-corrected chi connectivity index (χ4v) is 2.21. The summed E-state index contributed by atoms with van der Waals surface area (Å²) in [4.78, 5) is 0.158. The summed E-state index contributed by atoms with van der Waals surface area (Å²) in [6, 6.07) is 11.8. The Morgan fingerprint density at radius 3 is 2.68 bits per heavy atom. The summed E-state index contributed by atoms with van der Waals surface area (Å²) in [5.74, 6) is 0.341. The Morgan fingerprint density at radius 2 is 2.00 bits per heavy atom. The van der Waals surface area contributed by atoms with Crippen LogP contribution < -0.4 is 10.5 Å². The summed E-state index contributed by atoms with van der Waals surface area (Å²) in [5.41, 5.74) is 6.84. The fraction of sp³-hybridized carbons (Fsp3) is 0.0714. The highest BCUT2D eigenvalue weighted by Gasteiger charge is 2.08. The summed E-state index contributed by atoms with van der Waals surface area (Å²) >= 11 is 8.31. The van der Waals surface area contributed by atoms with Crippen LogP contribution in [0.5, 0.6) is 5.75 Å². The standard InChI is InChI=1S/C14H11BrFNOS/c15-12-3-1-2-4-13(12)18-8-9-5-6-10(16)7-11(9)14(17)19/h1-7H,8H2,(H2,17,19). The van der Waals surface area contributed by atoms with Gasteiger partial charge in [0.25, 0.3) is 0 Å². The molecule has 5 heteroatoms. The van der Waals surface area contributed by atoms with Gasteiger partial charge in [-0.15, -0.1) is 0 Å². The Kier molecular flexibility index (Phi) is 4.50. The highest BCUT2D eigenvalue weighted by atomic mass is 79.9. The Labute approximate surface area is 124 Å². The van der Waals surface area contributed by atoms with Gasteiger partial charge in [-0.25, -0.2) is 4.39 Å². The Balaban J connectivity index is 2.20. The van der Waals surface area contributed by atoms with Crippen LogP contribution >= 0.6 is 28.1 Å². The summed E-state index contributed by atoms with van der Waals surface area (Å²) < 4.78 is 19.7. The van der Waals surface area contributed by atoms with Gasteiger partial charge in [0.2, 0.25) is 0 Å². The first-order valence-corrected chi connectivity index (χ1v) is 6.73. The zero-order chi connectivity index (χ0) is 13.8. The molecular formula is C14H11BrFNOS. The molecule has 0 heterocycles. The lowest BCUT2D eigenvalue weighted by molar-refractivity contribution is 0.304. The first-order valence-electron chi connectivity index (χ1n) is 5.53. The lowest BCUT2D eigenvalue weighted by atomic mass is 10.1. The van der Waals surface area contributed by atoms with Crippen molar-refractivity contribution < 1.29 is 9.13 Å². The fourth-order valence-electron chi connectivity index (χ4n) is 1.62. The van der Waals surface area contributed by atoms with Crippen LogP contribution in [0.2, 0.25) is 0 Å². The predicted octanol–water partition coefficient (Wildman–Crippen LogP) is 3.80. The first-order chi connectivity index (χ1) is 9.08. The third-order valence-electron chi connectivity index (χ3n) is 2.56. The average molecular weight is 340 g/mol. The molecule has 2 aromatic rings. The van der Waals surface area contributed by atoms with Gasteiger partial charge in [-0.2, -0.15) is 0 Å². The molecule has 0 aliphatic rings. The molecule has 0 aliphatic carbocycles. The minimum atomic E-state index is -0.368. The summed E-state index contributed by atoms with van der Waals surface area (Å²) in [6.07, 6.45) is 0. The van der Waals surface area contributed by atoms with Gasteiger partial charge in [0.05, 0.1) is 4.47 Å². The van der Waals surface area contributed by atoms with Gasteiger partial charge in [0, 0.05) is 5.56 Å². The summed E-state index contributed by atoms with van der Waals surface area (Å²) in [5, 5.41) is 0. The molecular weight excluding hydrogens is 329 g/mol. The van der Waals surface area contributed by atoms with Crippen LogP contribution in [0, 0.1) is 5.82 Å². The van der Waals surface area contributed by atoms with Crippen LogP contribution in [0.15, 0.2) is 46.9 Å². The Hall–Kier alpha value is -1.46. The topological polar surface area (TPSA) is 35.2 Å². The molecule has 19 heavy (non-hydrogen) atoms. The minimum Gasteiger partial charge on any atom is -0.488 e. The highest BCUT2D eigenvalue weighted by molar-refractivity contribution is 9.10. The second-order valence-electron chi connectivity index (χ2n) is 3.88. The van der Waals surface area contributed by atoms with Gasteiger partial charge < -0.3 is 10.5 Å². The quantitative estimate of drug-likeness (QED) is 0.860. The number of rotatable bonds is 4. The van der Waals surface area contributed by atoms with E-state index in [1.54, 1.807) is 6.07 Å². The van der Waals surface area contributed by atoms with E-state index in [2.05, 4.69) is 15.9 Å². The highest BCUT2D eigenvalue weighted by Crippen LogP contribution is 2.25. The van der Waals surface area contributed by atoms with E-state index in [0.717, 1.165) is 10.0 Å². The largest absolute Gasteiger partial charge is 0.488 e. The number of benzene rings is 2. The number of hydrogen-bond acceptors (Lipinski definition) is 2. The van der Waals surface area contributed by atoms with Gasteiger partial charge in [-0.1, -0.05) is 30.4 Å². The van der Waals surface area contributed by atoms with E-state index in [4.69, 9.17) is 22.7 Å². The number of halogens is 2. The van der Waals surface area contributed by atoms with Crippen LogP contribution in [-0.2, 0) is 6.61 Å². The molecule has 0 unspecified atom stereocenters. The number of para-hydroxylation sites is 1. The molecule has 0 radical (unpaired) electrons. The molecule has 0 saturated carbocycles. The molecule has 2 aromatic carbocycles. The normalized spacial score (nSPS) is 10.2. The zero-order valence-electron chi connectivity index (χ0n) is 9.90. The van der Waals surface area contributed by atoms with E-state index in [9.17, 15) is 4.39 Å². The van der Waals surface area contributed by atoms with Gasteiger partial charge in [-0.05, 0) is 45.8 Å². The van der Waals surface area contributed by atoms with Gasteiger partial charge in [0.1, 0.15) is 23.2 Å². The van der Waals surface area contributed by atoms with Crippen LogP contribution in [0.25, 0.3) is 0 Å². The van der Waals surface area contributed by atoms with Crippen LogP contribution in [-0.4, -0.2) is 4.99 Å². The van der Waals surface area contributed by atoms with Gasteiger partial charge in [-0.3, -0.25) is 0 Å². The van der Waals surface area contributed by atoms with Crippen molar-refractivity contribution >= 4 is 33.1 Å². The molecule has 0 saturated heterocycles. The van der Waals surface area contributed by atoms with Crippen molar-refractivity contribution in [3.8, 4) is 5.75 Å². The molecule has 0 fully saturated rings. The molecule has 0 aliphatic heterocycles. The van der Waals surface area contributed by atoms with Crippen molar-refractivity contribution in [1.29, 1.82) is 0 Å². The predicted molar refractivity (Wildman–Crippen MR) is 80.8 cm³/mol. The molecule has 0 atom stereocenters. The van der Waals surface area contributed by atoms with E-state index in [1.807, 2.05) is 24.3 Å². The van der Waals surface area contributed by atoms with E-state index in [1.165, 1.54) is 12.1 Å². The number of nitrogens with two attached hydrogens (primary N) is 1. The molecule has 2 N–H and O–H groups in total. The maximum Gasteiger partial charge on any atom is 0.133 e. The molecule has 0 aromatic heterocycles. The Bertz CT molecular complexity index is 618. The smallest absolute Gasteiger partial charge is 0.133 e. The van der Waals surface area contributed by atoms with Crippen LogP contribution in [0.1, 0.15) is 11.1 Å². The van der Waals surface area contributed by atoms with Crippen molar-refractivity contribution in [3.63, 3.8) is 0 Å². The molecule has 0 spiro atoms. The molecule has 2 nitrogen and oxygen atoms in total. The van der Waals surface area contributed by atoms with E-state index in [-0.39, 0.29) is 17.4 Å². The lowest BCUT2D eigenvalue weighted by Gasteiger charge is -2.11. The molecule has 2 rings (SSSR count). The zero-order valence-corrected chi connectivity index (χ0v) is 12.3. The average Bonchev–Trinajstić information content (AvgIpc) is 2.38. The molecule has 0 amide bonds. The van der Waals surface area contributed by atoms with Crippen LogP contribution in [0.4, 0.5) is 4.39 Å². The van der Waals surface area contributed by atoms with Crippen molar-refractivity contribution in [2.24, 2.45) is 5.73 Å². The van der Waals surface area contributed by atoms with E-state index < -0.39 is 0 Å². The number of hydrogen-bond donors (Lipinski definition) is 1.